The van der Waals surface area contributed by atoms with Crippen LogP contribution in [0.2, 0.25) is 0 Å². The summed E-state index contributed by atoms with van der Waals surface area (Å²) in [6.07, 6.45) is 3.49. The molecule has 4 atom stereocenters. The number of carbonyl (C=O) groups excluding carboxylic acids is 2. The fourth-order valence-electron chi connectivity index (χ4n) is 2.68. The molecule has 74 valence electrons. The molecule has 2 amide bonds. The van der Waals surface area contributed by atoms with Crippen molar-refractivity contribution < 1.29 is 14.3 Å². The average Bonchev–Trinajstić information content (AvgIpc) is 2.80. The smallest absolute Gasteiger partial charge is 0.236 e. The van der Waals surface area contributed by atoms with Crippen LogP contribution < -0.4 is 0 Å². The molecule has 3 aliphatic rings. The normalized spacial score (nSPS) is 43.9. The molecule has 0 aromatic carbocycles. The Kier molecular flexibility index (Phi) is 1.43. The van der Waals surface area contributed by atoms with Crippen LogP contribution in [0, 0.1) is 11.8 Å². The van der Waals surface area contributed by atoms with Crippen LogP contribution in [-0.2, 0) is 14.3 Å². The van der Waals surface area contributed by atoms with Gasteiger partial charge >= 0.3 is 0 Å². The predicted octanol–water partition coefficient (Wildman–Crippen LogP) is -0.0553. The zero-order valence-electron chi connectivity index (χ0n) is 7.84. The Balaban J connectivity index is 2.02. The molecule has 0 aromatic rings. The second-order valence-electron chi connectivity index (χ2n) is 3.92. The van der Waals surface area contributed by atoms with E-state index >= 15 is 0 Å². The summed E-state index contributed by atoms with van der Waals surface area (Å²) in [6, 6.07) is 0. The summed E-state index contributed by atoms with van der Waals surface area (Å²) in [4.78, 5) is 25.0. The number of likely N-dealkylation sites (tertiary alicyclic amines) is 1. The number of fused-ring (bicyclic) bond motifs is 5. The van der Waals surface area contributed by atoms with Gasteiger partial charge in [0.1, 0.15) is 0 Å². The van der Waals surface area contributed by atoms with Crippen LogP contribution in [0.25, 0.3) is 0 Å². The van der Waals surface area contributed by atoms with E-state index in [1.807, 2.05) is 19.1 Å². The third-order valence-electron chi connectivity index (χ3n) is 3.32. The molecule has 3 rings (SSSR count). The van der Waals surface area contributed by atoms with E-state index in [9.17, 15) is 9.59 Å². The first-order valence-electron chi connectivity index (χ1n) is 4.93. The molecule has 0 aromatic heterocycles. The SMILES string of the molecule is CCN1C(=O)[C@@H]2C3C=CC(O3)[C@@H]2C1=O. The monoisotopic (exact) mass is 193 g/mol. The largest absolute Gasteiger partial charge is 0.365 e. The second-order valence-corrected chi connectivity index (χ2v) is 3.92. The Hall–Kier alpha value is -1.16. The lowest BCUT2D eigenvalue weighted by molar-refractivity contribution is -0.142. The molecule has 2 saturated heterocycles. The summed E-state index contributed by atoms with van der Waals surface area (Å²) in [5.41, 5.74) is 0. The van der Waals surface area contributed by atoms with Gasteiger partial charge in [0.05, 0.1) is 24.0 Å². The molecule has 4 heteroatoms. The van der Waals surface area contributed by atoms with Crippen LogP contribution in [0.3, 0.4) is 0 Å². The molecule has 2 fully saturated rings. The zero-order chi connectivity index (χ0) is 9.87. The van der Waals surface area contributed by atoms with Crippen molar-refractivity contribution in [3.63, 3.8) is 0 Å². The van der Waals surface area contributed by atoms with Gasteiger partial charge in [-0.2, -0.15) is 0 Å². The van der Waals surface area contributed by atoms with Gasteiger partial charge in [0.15, 0.2) is 0 Å². The van der Waals surface area contributed by atoms with Gasteiger partial charge in [-0.15, -0.1) is 0 Å². The van der Waals surface area contributed by atoms with Gasteiger partial charge in [0.2, 0.25) is 11.8 Å². The van der Waals surface area contributed by atoms with Crippen LogP contribution in [0.1, 0.15) is 6.92 Å². The van der Waals surface area contributed by atoms with E-state index < -0.39 is 0 Å². The minimum Gasteiger partial charge on any atom is -0.365 e. The van der Waals surface area contributed by atoms with Crippen molar-refractivity contribution in [2.75, 3.05) is 6.54 Å². The van der Waals surface area contributed by atoms with E-state index in [1.165, 1.54) is 4.90 Å². The van der Waals surface area contributed by atoms with Gasteiger partial charge in [-0.25, -0.2) is 0 Å². The lowest BCUT2D eigenvalue weighted by Gasteiger charge is -2.14. The number of imide groups is 1. The molecule has 2 unspecified atom stereocenters. The summed E-state index contributed by atoms with van der Waals surface area (Å²) in [5, 5.41) is 0. The van der Waals surface area contributed by atoms with E-state index in [2.05, 4.69) is 0 Å². The summed E-state index contributed by atoms with van der Waals surface area (Å²) >= 11 is 0. The number of amides is 2. The first kappa shape index (κ1) is 8.17. The molecule has 0 saturated carbocycles. The standard InChI is InChI=1S/C10H11NO3/c1-2-11-9(12)7-5-3-4-6(14-5)8(7)10(11)13/h3-8H,2H2,1H3/t5?,6?,7-,8+. The number of nitrogens with zero attached hydrogens (tertiary/aromatic N) is 1. The Bertz CT molecular complexity index is 319. The second kappa shape index (κ2) is 2.45. The van der Waals surface area contributed by atoms with E-state index in [4.69, 9.17) is 4.74 Å². The molecule has 14 heavy (non-hydrogen) atoms. The van der Waals surface area contributed by atoms with Crippen LogP contribution in [0.5, 0.6) is 0 Å². The number of hydrogen-bond acceptors (Lipinski definition) is 3. The van der Waals surface area contributed by atoms with Gasteiger partial charge in [0, 0.05) is 6.54 Å². The Morgan fingerprint density at radius 2 is 1.71 bits per heavy atom. The maximum atomic E-state index is 11.8. The van der Waals surface area contributed by atoms with E-state index in [-0.39, 0.29) is 35.9 Å². The van der Waals surface area contributed by atoms with Crippen molar-refractivity contribution in [3.8, 4) is 0 Å². The summed E-state index contributed by atoms with van der Waals surface area (Å²) in [6.45, 7) is 2.30. The van der Waals surface area contributed by atoms with Gasteiger partial charge in [-0.1, -0.05) is 12.2 Å². The fourth-order valence-corrected chi connectivity index (χ4v) is 2.68. The van der Waals surface area contributed by atoms with Gasteiger partial charge in [-0.05, 0) is 6.92 Å². The summed E-state index contributed by atoms with van der Waals surface area (Å²) in [5.74, 6) is -0.589. The summed E-state index contributed by atoms with van der Waals surface area (Å²) in [7, 11) is 0. The fraction of sp³-hybridized carbons (Fsp3) is 0.600. The van der Waals surface area contributed by atoms with Crippen LogP contribution in [-0.4, -0.2) is 35.5 Å². The molecule has 2 bridgehead atoms. The number of hydrogen-bond donors (Lipinski definition) is 0. The van der Waals surface area contributed by atoms with Crippen molar-refractivity contribution in [1.82, 2.24) is 4.90 Å². The van der Waals surface area contributed by atoms with Crippen molar-refractivity contribution in [2.45, 2.75) is 19.1 Å². The topological polar surface area (TPSA) is 46.6 Å². The van der Waals surface area contributed by atoms with Crippen LogP contribution in [0.4, 0.5) is 0 Å². The first-order chi connectivity index (χ1) is 6.74. The van der Waals surface area contributed by atoms with Gasteiger partial charge < -0.3 is 4.74 Å². The van der Waals surface area contributed by atoms with E-state index in [0.29, 0.717) is 6.54 Å². The minimum atomic E-state index is -0.238. The average molecular weight is 193 g/mol. The highest BCUT2D eigenvalue weighted by Gasteiger charge is 2.60. The van der Waals surface area contributed by atoms with Crippen molar-refractivity contribution >= 4 is 11.8 Å². The minimum absolute atomic E-state index is 0.0562. The van der Waals surface area contributed by atoms with E-state index in [0.717, 1.165) is 0 Å². The highest BCUT2D eigenvalue weighted by atomic mass is 16.5. The number of carbonyl (C=O) groups is 2. The highest BCUT2D eigenvalue weighted by Crippen LogP contribution is 2.44. The maximum absolute atomic E-state index is 11.8. The lowest BCUT2D eigenvalue weighted by Crippen LogP contribution is -2.34. The molecule has 0 N–H and O–H groups in total. The summed E-state index contributed by atoms with van der Waals surface area (Å²) < 4.78 is 5.49. The molecule has 0 spiro atoms. The molecule has 4 nitrogen and oxygen atoms in total. The van der Waals surface area contributed by atoms with Crippen LogP contribution in [0.15, 0.2) is 12.2 Å². The van der Waals surface area contributed by atoms with Gasteiger partial charge in [0.25, 0.3) is 0 Å². The first-order valence-corrected chi connectivity index (χ1v) is 4.93. The maximum Gasteiger partial charge on any atom is 0.236 e. The Labute approximate surface area is 81.5 Å². The number of rotatable bonds is 1. The molecule has 0 radical (unpaired) electrons. The van der Waals surface area contributed by atoms with Crippen LogP contribution >= 0.6 is 0 Å². The van der Waals surface area contributed by atoms with Crippen molar-refractivity contribution in [3.05, 3.63) is 12.2 Å². The molecular formula is C10H11NO3. The predicted molar refractivity (Wildman–Crippen MR) is 47.2 cm³/mol. The lowest BCUT2D eigenvalue weighted by atomic mass is 9.85. The third-order valence-corrected chi connectivity index (χ3v) is 3.32. The van der Waals surface area contributed by atoms with Gasteiger partial charge in [-0.3, -0.25) is 14.5 Å². The third kappa shape index (κ3) is 0.733. The highest BCUT2D eigenvalue weighted by molar-refractivity contribution is 6.06. The van der Waals surface area contributed by atoms with Crippen molar-refractivity contribution in [2.24, 2.45) is 11.8 Å². The van der Waals surface area contributed by atoms with Crippen molar-refractivity contribution in [1.29, 1.82) is 0 Å². The quantitative estimate of drug-likeness (QED) is 0.433. The van der Waals surface area contributed by atoms with E-state index in [1.54, 1.807) is 0 Å². The zero-order valence-corrected chi connectivity index (χ0v) is 7.84. The Morgan fingerprint density at radius 3 is 2.14 bits per heavy atom. The Morgan fingerprint density at radius 1 is 1.21 bits per heavy atom. The molecule has 3 heterocycles. The number of ether oxygens (including phenoxy) is 1. The molecular weight excluding hydrogens is 182 g/mol. The molecule has 3 aliphatic heterocycles. The molecule has 0 aliphatic carbocycles.